The van der Waals surface area contributed by atoms with Crippen molar-refractivity contribution in [1.82, 2.24) is 3.93 Å². The minimum atomic E-state index is -0.144. The summed E-state index contributed by atoms with van der Waals surface area (Å²) in [4.78, 5) is 20.9. The van der Waals surface area contributed by atoms with Crippen molar-refractivity contribution in [2.45, 2.75) is 12.8 Å². The molecule has 0 aromatic rings. The maximum atomic E-state index is 10.4. The average molecular weight is 322 g/mol. The Morgan fingerprint density at radius 3 is 1.60 bits per heavy atom. The second-order valence-corrected chi connectivity index (χ2v) is 2.28. The molecule has 1 rings (SSSR count). The smallest absolute Gasteiger partial charge is 0.239 e. The number of halogens is 2. The summed E-state index contributed by atoms with van der Waals surface area (Å²) in [5.41, 5.74) is 0. The van der Waals surface area contributed by atoms with E-state index in [1.165, 1.54) is 0 Å². The van der Waals surface area contributed by atoms with E-state index < -0.39 is 0 Å². The van der Waals surface area contributed by atoms with Crippen molar-refractivity contribution < 1.29 is 26.7 Å². The SMILES string of the molecule is Br.O=C1CCC(=O)N1Br.[Cu]. The molecule has 0 N–H and O–H groups in total. The van der Waals surface area contributed by atoms with Crippen LogP contribution in [-0.2, 0) is 26.7 Å². The van der Waals surface area contributed by atoms with Crippen molar-refractivity contribution in [3.05, 3.63) is 0 Å². The Bertz CT molecular complexity index is 136. The molecule has 0 atom stereocenters. The topological polar surface area (TPSA) is 37.4 Å². The molecule has 63 valence electrons. The molecule has 0 bridgehead atoms. The zero-order valence-corrected chi connectivity index (χ0v) is 9.01. The van der Waals surface area contributed by atoms with Gasteiger partial charge in [-0.3, -0.25) is 9.59 Å². The molecule has 2 amide bonds. The number of amides is 2. The molecule has 1 saturated heterocycles. The summed E-state index contributed by atoms with van der Waals surface area (Å²) in [6, 6.07) is 0. The van der Waals surface area contributed by atoms with Gasteiger partial charge in [0.1, 0.15) is 0 Å². The van der Waals surface area contributed by atoms with E-state index in [0.717, 1.165) is 3.93 Å². The van der Waals surface area contributed by atoms with Crippen LogP contribution in [0.5, 0.6) is 0 Å². The average Bonchev–Trinajstić information content (AvgIpc) is 1.98. The van der Waals surface area contributed by atoms with E-state index in [1.54, 1.807) is 0 Å². The van der Waals surface area contributed by atoms with Gasteiger partial charge < -0.3 is 0 Å². The summed E-state index contributed by atoms with van der Waals surface area (Å²) in [5.74, 6) is -0.287. The number of rotatable bonds is 0. The van der Waals surface area contributed by atoms with Gasteiger partial charge >= 0.3 is 0 Å². The summed E-state index contributed by atoms with van der Waals surface area (Å²) in [7, 11) is 0. The van der Waals surface area contributed by atoms with Gasteiger partial charge in [-0.15, -0.1) is 17.0 Å². The maximum Gasteiger partial charge on any atom is 0.239 e. The monoisotopic (exact) mass is 320 g/mol. The van der Waals surface area contributed by atoms with Crippen LogP contribution < -0.4 is 0 Å². The predicted octanol–water partition coefficient (Wildman–Crippen LogP) is 1.02. The number of imide groups is 1. The van der Waals surface area contributed by atoms with Gasteiger partial charge in [0.05, 0.1) is 16.1 Å². The zero-order valence-electron chi connectivity index (χ0n) is 4.77. The predicted molar refractivity (Wildman–Crippen MR) is 40.3 cm³/mol. The van der Waals surface area contributed by atoms with Crippen molar-refractivity contribution >= 4 is 44.9 Å². The Hall–Kier alpha value is 0.619. The number of hydrogen-bond acceptors (Lipinski definition) is 2. The van der Waals surface area contributed by atoms with Crippen molar-refractivity contribution in [3.8, 4) is 0 Å². The standard InChI is InChI=1S/C4H4BrNO2.BrH.Cu/c5-6-3(7)1-2-4(6)8;;/h1-2H2;1H;. The van der Waals surface area contributed by atoms with Crippen LogP contribution in [0.15, 0.2) is 0 Å². The first kappa shape index (κ1) is 13.2. The fraction of sp³-hybridized carbons (Fsp3) is 0.500. The molecular weight excluding hydrogens is 317 g/mol. The molecule has 0 aliphatic carbocycles. The van der Waals surface area contributed by atoms with E-state index >= 15 is 0 Å². The third kappa shape index (κ3) is 2.70. The summed E-state index contributed by atoms with van der Waals surface area (Å²) in [6.45, 7) is 0. The Morgan fingerprint density at radius 1 is 1.20 bits per heavy atom. The molecule has 0 spiro atoms. The maximum absolute atomic E-state index is 10.4. The molecular formula is C4H5Br2CuNO2. The molecule has 0 aromatic carbocycles. The zero-order chi connectivity index (χ0) is 6.15. The molecule has 0 unspecified atom stereocenters. The Balaban J connectivity index is 0. The van der Waals surface area contributed by atoms with E-state index in [1.807, 2.05) is 0 Å². The van der Waals surface area contributed by atoms with Crippen LogP contribution in [-0.4, -0.2) is 15.7 Å². The van der Waals surface area contributed by atoms with Crippen molar-refractivity contribution in [3.63, 3.8) is 0 Å². The minimum absolute atomic E-state index is 0. The molecule has 1 radical (unpaired) electrons. The van der Waals surface area contributed by atoms with Gasteiger partial charge in [0.2, 0.25) is 11.8 Å². The second kappa shape index (κ2) is 5.29. The van der Waals surface area contributed by atoms with E-state index in [0.29, 0.717) is 12.8 Å². The molecule has 1 heterocycles. The molecule has 6 heteroatoms. The number of hydrogen-bond donors (Lipinski definition) is 0. The van der Waals surface area contributed by atoms with E-state index in [4.69, 9.17) is 0 Å². The first-order chi connectivity index (χ1) is 3.72. The van der Waals surface area contributed by atoms with Crippen LogP contribution in [0, 0.1) is 0 Å². The molecule has 10 heavy (non-hydrogen) atoms. The Kier molecular flexibility index (Phi) is 7.00. The van der Waals surface area contributed by atoms with Crippen LogP contribution in [0.3, 0.4) is 0 Å². The first-order valence-corrected chi connectivity index (χ1v) is 2.94. The normalized spacial score (nSPS) is 16.3. The number of nitrogens with zero attached hydrogens (tertiary/aromatic N) is 1. The van der Waals surface area contributed by atoms with Gasteiger partial charge in [-0.05, 0) is 0 Å². The van der Waals surface area contributed by atoms with Crippen molar-refractivity contribution in [2.75, 3.05) is 0 Å². The van der Waals surface area contributed by atoms with E-state index in [-0.39, 0.29) is 45.9 Å². The third-order valence-electron chi connectivity index (χ3n) is 0.991. The first-order valence-electron chi connectivity index (χ1n) is 2.23. The van der Waals surface area contributed by atoms with Crippen LogP contribution in [0.25, 0.3) is 0 Å². The van der Waals surface area contributed by atoms with Gasteiger partial charge in [-0.2, -0.15) is 0 Å². The quantitative estimate of drug-likeness (QED) is 0.379. The fourth-order valence-corrected chi connectivity index (χ4v) is 0.904. The summed E-state index contributed by atoms with van der Waals surface area (Å²) in [6.07, 6.45) is 0.703. The van der Waals surface area contributed by atoms with Crippen LogP contribution in [0.4, 0.5) is 0 Å². The number of carbonyl (C=O) groups excluding carboxylic acids is 2. The van der Waals surface area contributed by atoms with Crippen LogP contribution in [0.1, 0.15) is 12.8 Å². The van der Waals surface area contributed by atoms with E-state index in [9.17, 15) is 9.59 Å². The Labute approximate surface area is 88.1 Å². The van der Waals surface area contributed by atoms with Crippen molar-refractivity contribution in [1.29, 1.82) is 0 Å². The van der Waals surface area contributed by atoms with Gasteiger partial charge in [0, 0.05) is 29.9 Å². The fourth-order valence-electron chi connectivity index (χ4n) is 0.549. The molecule has 1 fully saturated rings. The summed E-state index contributed by atoms with van der Waals surface area (Å²) < 4.78 is 0.979. The third-order valence-corrected chi connectivity index (χ3v) is 1.78. The molecule has 3 nitrogen and oxygen atoms in total. The van der Waals surface area contributed by atoms with Crippen LogP contribution >= 0.6 is 33.1 Å². The largest absolute Gasteiger partial charge is 0.274 e. The molecule has 1 aliphatic rings. The van der Waals surface area contributed by atoms with Gasteiger partial charge in [-0.25, -0.2) is 3.93 Å². The van der Waals surface area contributed by atoms with Gasteiger partial charge in [-0.1, -0.05) is 0 Å². The Morgan fingerprint density at radius 2 is 1.50 bits per heavy atom. The van der Waals surface area contributed by atoms with E-state index in [2.05, 4.69) is 16.1 Å². The minimum Gasteiger partial charge on any atom is -0.274 e. The molecule has 1 aliphatic heterocycles. The molecule has 0 aromatic heterocycles. The molecule has 0 saturated carbocycles. The van der Waals surface area contributed by atoms with Gasteiger partial charge in [0.25, 0.3) is 0 Å². The summed E-state index contributed by atoms with van der Waals surface area (Å²) in [5, 5.41) is 0. The van der Waals surface area contributed by atoms with Crippen molar-refractivity contribution in [2.24, 2.45) is 0 Å². The van der Waals surface area contributed by atoms with Crippen LogP contribution in [0.2, 0.25) is 0 Å². The van der Waals surface area contributed by atoms with Gasteiger partial charge in [0.15, 0.2) is 0 Å². The second-order valence-electron chi connectivity index (χ2n) is 1.57. The summed E-state index contributed by atoms with van der Waals surface area (Å²) >= 11 is 2.80. The number of carbonyl (C=O) groups is 2.